The summed E-state index contributed by atoms with van der Waals surface area (Å²) in [6, 6.07) is 6.91. The number of ether oxygens (including phenoxy) is 2. The molecule has 114 valence electrons. The van der Waals surface area contributed by atoms with E-state index in [9.17, 15) is 9.59 Å². The summed E-state index contributed by atoms with van der Waals surface area (Å²) in [4.78, 5) is 23.0. The fourth-order valence-electron chi connectivity index (χ4n) is 2.16. The van der Waals surface area contributed by atoms with E-state index >= 15 is 0 Å². The second-order valence-corrected chi connectivity index (χ2v) is 4.92. The van der Waals surface area contributed by atoms with Crippen LogP contribution >= 0.6 is 0 Å². The molecule has 1 atom stereocenters. The van der Waals surface area contributed by atoms with Crippen LogP contribution < -0.4 is 15.4 Å². The molecule has 0 radical (unpaired) electrons. The number of hydrogen-bond donors (Lipinski definition) is 2. The van der Waals surface area contributed by atoms with Crippen LogP contribution in [0, 0.1) is 5.92 Å². The van der Waals surface area contributed by atoms with Crippen LogP contribution in [0.1, 0.15) is 12.8 Å². The Morgan fingerprint density at radius 1 is 1.33 bits per heavy atom. The average molecular weight is 292 g/mol. The highest BCUT2D eigenvalue weighted by atomic mass is 16.6. The summed E-state index contributed by atoms with van der Waals surface area (Å²) in [7, 11) is 1.31. The Balaban J connectivity index is 1.84. The Morgan fingerprint density at radius 3 is 2.71 bits per heavy atom. The van der Waals surface area contributed by atoms with Crippen molar-refractivity contribution in [3.8, 4) is 5.75 Å². The summed E-state index contributed by atoms with van der Waals surface area (Å²) in [6.07, 6.45) is 1.94. The molecule has 1 heterocycles. The van der Waals surface area contributed by atoms with E-state index in [0.717, 1.165) is 31.6 Å². The summed E-state index contributed by atoms with van der Waals surface area (Å²) in [6.45, 7) is 1.58. The van der Waals surface area contributed by atoms with Crippen molar-refractivity contribution in [1.29, 1.82) is 0 Å². The molecule has 2 rings (SSSR count). The Labute approximate surface area is 123 Å². The zero-order valence-electron chi connectivity index (χ0n) is 12.1. The molecule has 1 amide bonds. The molecule has 1 aliphatic heterocycles. The Morgan fingerprint density at radius 2 is 2.10 bits per heavy atom. The zero-order chi connectivity index (χ0) is 15.1. The average Bonchev–Trinajstić information content (AvgIpc) is 2.54. The van der Waals surface area contributed by atoms with E-state index in [-0.39, 0.29) is 18.4 Å². The lowest BCUT2D eigenvalue weighted by Crippen LogP contribution is -2.37. The number of rotatable bonds is 5. The lowest BCUT2D eigenvalue weighted by atomic mass is 9.99. The SMILES string of the molecule is COC(=O)COc1ccc(NC(=O)[C@H]2CCCNC2)cc1. The smallest absolute Gasteiger partial charge is 0.343 e. The standard InChI is InChI=1S/C15H20N2O4/c1-20-14(18)10-21-13-6-4-12(5-7-13)17-15(19)11-3-2-8-16-9-11/h4-7,11,16H,2-3,8-10H2,1H3,(H,17,19)/t11-/m0/s1. The lowest BCUT2D eigenvalue weighted by Gasteiger charge is -2.21. The maximum atomic E-state index is 12.1. The van der Waals surface area contributed by atoms with Gasteiger partial charge in [-0.15, -0.1) is 0 Å². The fourth-order valence-corrected chi connectivity index (χ4v) is 2.16. The molecule has 1 aromatic carbocycles. The van der Waals surface area contributed by atoms with Crippen molar-refractivity contribution in [2.24, 2.45) is 5.92 Å². The first-order valence-electron chi connectivity index (χ1n) is 7.00. The zero-order valence-corrected chi connectivity index (χ0v) is 12.1. The van der Waals surface area contributed by atoms with Crippen LogP contribution in [0.15, 0.2) is 24.3 Å². The molecule has 1 aromatic rings. The van der Waals surface area contributed by atoms with Gasteiger partial charge in [0.1, 0.15) is 5.75 Å². The van der Waals surface area contributed by atoms with Crippen LogP contribution in [-0.2, 0) is 14.3 Å². The highest BCUT2D eigenvalue weighted by Gasteiger charge is 2.20. The highest BCUT2D eigenvalue weighted by molar-refractivity contribution is 5.92. The molecule has 1 aliphatic rings. The maximum Gasteiger partial charge on any atom is 0.343 e. The fraction of sp³-hybridized carbons (Fsp3) is 0.467. The van der Waals surface area contributed by atoms with Crippen LogP contribution in [0.5, 0.6) is 5.75 Å². The third-order valence-corrected chi connectivity index (χ3v) is 3.37. The van der Waals surface area contributed by atoms with E-state index in [1.54, 1.807) is 24.3 Å². The van der Waals surface area contributed by atoms with Crippen LogP contribution in [-0.4, -0.2) is 38.7 Å². The van der Waals surface area contributed by atoms with Gasteiger partial charge >= 0.3 is 5.97 Å². The van der Waals surface area contributed by atoms with E-state index in [1.165, 1.54) is 7.11 Å². The predicted molar refractivity (Wildman–Crippen MR) is 78.2 cm³/mol. The minimum Gasteiger partial charge on any atom is -0.482 e. The van der Waals surface area contributed by atoms with Crippen molar-refractivity contribution in [3.63, 3.8) is 0 Å². The van der Waals surface area contributed by atoms with Crippen molar-refractivity contribution in [1.82, 2.24) is 5.32 Å². The van der Waals surface area contributed by atoms with Gasteiger partial charge in [-0.05, 0) is 43.7 Å². The number of methoxy groups -OCH3 is 1. The Kier molecular flexibility index (Phi) is 5.57. The van der Waals surface area contributed by atoms with E-state index < -0.39 is 5.97 Å². The lowest BCUT2D eigenvalue weighted by molar-refractivity contribution is -0.142. The predicted octanol–water partition coefficient (Wildman–Crippen LogP) is 1.18. The number of hydrogen-bond acceptors (Lipinski definition) is 5. The van der Waals surface area contributed by atoms with Gasteiger partial charge in [0.05, 0.1) is 13.0 Å². The van der Waals surface area contributed by atoms with Crippen LogP contribution in [0.25, 0.3) is 0 Å². The molecule has 21 heavy (non-hydrogen) atoms. The number of carbonyl (C=O) groups excluding carboxylic acids is 2. The van der Waals surface area contributed by atoms with Gasteiger partial charge in [-0.25, -0.2) is 4.79 Å². The minimum absolute atomic E-state index is 0.0222. The molecule has 0 aliphatic carbocycles. The first-order chi connectivity index (χ1) is 10.2. The van der Waals surface area contributed by atoms with Crippen molar-refractivity contribution in [2.45, 2.75) is 12.8 Å². The summed E-state index contributed by atoms with van der Waals surface area (Å²) in [5, 5.41) is 6.11. The highest BCUT2D eigenvalue weighted by Crippen LogP contribution is 2.18. The van der Waals surface area contributed by atoms with Gasteiger partial charge in [-0.3, -0.25) is 4.79 Å². The number of anilines is 1. The first-order valence-corrected chi connectivity index (χ1v) is 7.00. The first kappa shape index (κ1) is 15.3. The maximum absolute atomic E-state index is 12.1. The van der Waals surface area contributed by atoms with E-state index in [0.29, 0.717) is 5.75 Å². The summed E-state index contributed by atoms with van der Waals surface area (Å²) >= 11 is 0. The van der Waals surface area contributed by atoms with Gasteiger partial charge in [0.15, 0.2) is 6.61 Å². The van der Waals surface area contributed by atoms with Gasteiger partial charge < -0.3 is 20.1 Å². The second-order valence-electron chi connectivity index (χ2n) is 4.92. The second kappa shape index (κ2) is 7.64. The number of carbonyl (C=O) groups is 2. The quantitative estimate of drug-likeness (QED) is 0.797. The van der Waals surface area contributed by atoms with E-state index in [1.807, 2.05) is 0 Å². The van der Waals surface area contributed by atoms with Crippen molar-refractivity contribution in [2.75, 3.05) is 32.1 Å². The monoisotopic (exact) mass is 292 g/mol. The Bertz CT molecular complexity index is 481. The van der Waals surface area contributed by atoms with Gasteiger partial charge in [0.2, 0.25) is 5.91 Å². The number of amides is 1. The third-order valence-electron chi connectivity index (χ3n) is 3.37. The Hall–Kier alpha value is -2.08. The summed E-state index contributed by atoms with van der Waals surface area (Å²) < 4.78 is 9.73. The van der Waals surface area contributed by atoms with Crippen molar-refractivity contribution in [3.05, 3.63) is 24.3 Å². The van der Waals surface area contributed by atoms with Gasteiger partial charge in [-0.2, -0.15) is 0 Å². The molecule has 0 aromatic heterocycles. The molecule has 6 heteroatoms. The molecule has 1 fully saturated rings. The number of benzene rings is 1. The molecule has 2 N–H and O–H groups in total. The normalized spacial score (nSPS) is 17.9. The van der Waals surface area contributed by atoms with Gasteiger partial charge in [-0.1, -0.05) is 0 Å². The molecular weight excluding hydrogens is 272 g/mol. The molecule has 1 saturated heterocycles. The molecule has 6 nitrogen and oxygen atoms in total. The van der Waals surface area contributed by atoms with Crippen LogP contribution in [0.3, 0.4) is 0 Å². The van der Waals surface area contributed by atoms with Crippen molar-refractivity contribution >= 4 is 17.6 Å². The van der Waals surface area contributed by atoms with Gasteiger partial charge in [0.25, 0.3) is 0 Å². The number of esters is 1. The third kappa shape index (κ3) is 4.75. The number of piperidine rings is 1. The summed E-state index contributed by atoms with van der Waals surface area (Å²) in [5.74, 6) is 0.175. The largest absolute Gasteiger partial charge is 0.482 e. The number of nitrogens with one attached hydrogen (secondary N) is 2. The topological polar surface area (TPSA) is 76.7 Å². The molecule has 0 spiro atoms. The molecule has 0 saturated carbocycles. The van der Waals surface area contributed by atoms with Crippen molar-refractivity contribution < 1.29 is 19.1 Å². The van der Waals surface area contributed by atoms with E-state index in [4.69, 9.17) is 4.74 Å². The minimum atomic E-state index is -0.433. The summed E-state index contributed by atoms with van der Waals surface area (Å²) in [5.41, 5.74) is 0.719. The van der Waals surface area contributed by atoms with Crippen LogP contribution in [0.2, 0.25) is 0 Å². The van der Waals surface area contributed by atoms with E-state index in [2.05, 4.69) is 15.4 Å². The molecular formula is C15H20N2O4. The molecule has 0 unspecified atom stereocenters. The molecule has 0 bridgehead atoms. The van der Waals surface area contributed by atoms with Crippen LogP contribution in [0.4, 0.5) is 5.69 Å². The van der Waals surface area contributed by atoms with Gasteiger partial charge in [0, 0.05) is 12.2 Å².